The summed E-state index contributed by atoms with van der Waals surface area (Å²) in [5, 5.41) is 0. The third kappa shape index (κ3) is 2.19. The lowest BCUT2D eigenvalue weighted by molar-refractivity contribution is 0.0342. The molecule has 0 aliphatic heterocycles. The van der Waals surface area contributed by atoms with Crippen LogP contribution in [0, 0.1) is 24.7 Å². The first kappa shape index (κ1) is 13.6. The van der Waals surface area contributed by atoms with Crippen molar-refractivity contribution >= 4 is 15.7 Å². The highest BCUT2D eigenvalue weighted by Gasteiger charge is 2.57. The fourth-order valence-electron chi connectivity index (χ4n) is 5.33. The van der Waals surface area contributed by atoms with Crippen molar-refractivity contribution in [1.82, 2.24) is 0 Å². The number of benzene rings is 1. The molecule has 0 spiro atoms. The highest BCUT2D eigenvalue weighted by molar-refractivity contribution is 7.94. The Morgan fingerprint density at radius 1 is 1.05 bits per heavy atom. The minimum Gasteiger partial charge on any atom is -0.283 e. The molecule has 1 aromatic carbocycles. The summed E-state index contributed by atoms with van der Waals surface area (Å²) >= 11 is 0. The third-order valence-electron chi connectivity index (χ3n) is 5.82. The molecule has 0 radical (unpaired) electrons. The van der Waals surface area contributed by atoms with Gasteiger partial charge in [0.05, 0.1) is 4.75 Å². The van der Waals surface area contributed by atoms with Crippen LogP contribution < -0.4 is 4.72 Å². The smallest absolute Gasteiger partial charge is 0.238 e. The molecular formula is C17H23NO2S. The molecule has 5 rings (SSSR count). The summed E-state index contributed by atoms with van der Waals surface area (Å²) in [6.07, 6.45) is 6.41. The van der Waals surface area contributed by atoms with Gasteiger partial charge in [-0.15, -0.1) is 0 Å². The molecule has 1 aromatic rings. The number of sulfonamides is 1. The van der Waals surface area contributed by atoms with E-state index in [1.165, 1.54) is 19.3 Å². The number of hydrogen-bond donors (Lipinski definition) is 1. The Bertz CT molecular complexity index is 630. The van der Waals surface area contributed by atoms with Gasteiger partial charge in [0, 0.05) is 5.69 Å². The first-order valence-corrected chi connectivity index (χ1v) is 9.53. The van der Waals surface area contributed by atoms with Crippen LogP contribution in [-0.4, -0.2) is 13.2 Å². The van der Waals surface area contributed by atoms with E-state index >= 15 is 0 Å². The normalized spacial score (nSPS) is 37.7. The van der Waals surface area contributed by atoms with E-state index in [1.54, 1.807) is 0 Å². The molecule has 4 saturated carbocycles. The third-order valence-corrected chi connectivity index (χ3v) is 7.97. The van der Waals surface area contributed by atoms with E-state index in [1.807, 2.05) is 31.2 Å². The maximum Gasteiger partial charge on any atom is 0.238 e. The summed E-state index contributed by atoms with van der Waals surface area (Å²) in [4.78, 5) is 0. The molecule has 114 valence electrons. The second kappa shape index (κ2) is 4.48. The van der Waals surface area contributed by atoms with Gasteiger partial charge in [-0.05, 0) is 80.9 Å². The molecule has 0 amide bonds. The molecule has 0 unspecified atom stereocenters. The van der Waals surface area contributed by atoms with E-state index in [2.05, 4.69) is 4.72 Å². The Labute approximate surface area is 127 Å². The van der Waals surface area contributed by atoms with Gasteiger partial charge in [-0.25, -0.2) is 8.42 Å². The largest absolute Gasteiger partial charge is 0.283 e. The van der Waals surface area contributed by atoms with Crippen molar-refractivity contribution in [1.29, 1.82) is 0 Å². The van der Waals surface area contributed by atoms with Crippen molar-refractivity contribution in [3.8, 4) is 0 Å². The Morgan fingerprint density at radius 2 is 1.62 bits per heavy atom. The zero-order valence-corrected chi connectivity index (χ0v) is 13.3. The van der Waals surface area contributed by atoms with Gasteiger partial charge >= 0.3 is 0 Å². The Morgan fingerprint density at radius 3 is 2.14 bits per heavy atom. The van der Waals surface area contributed by atoms with Crippen LogP contribution in [0.1, 0.15) is 44.1 Å². The molecule has 3 nitrogen and oxygen atoms in total. The van der Waals surface area contributed by atoms with Crippen LogP contribution in [0.5, 0.6) is 0 Å². The molecule has 0 atom stereocenters. The standard InChI is InChI=1S/C17H23NO2S/c1-12-3-2-4-16(5-12)18-21(19,20)17-9-13-6-14(10-17)8-15(7-13)11-17/h2-5,13-15,18H,6-11H2,1H3. The van der Waals surface area contributed by atoms with Gasteiger partial charge in [-0.3, -0.25) is 4.72 Å². The topological polar surface area (TPSA) is 46.2 Å². The van der Waals surface area contributed by atoms with Crippen LogP contribution in [0.4, 0.5) is 5.69 Å². The quantitative estimate of drug-likeness (QED) is 0.925. The Kier molecular flexibility index (Phi) is 2.91. The van der Waals surface area contributed by atoms with E-state index in [-0.39, 0.29) is 0 Å². The lowest BCUT2D eigenvalue weighted by atomic mass is 9.56. The number of nitrogens with one attached hydrogen (secondary N) is 1. The molecule has 0 aromatic heterocycles. The molecule has 0 saturated heterocycles. The zero-order valence-electron chi connectivity index (χ0n) is 12.5. The van der Waals surface area contributed by atoms with Crippen molar-refractivity contribution in [3.05, 3.63) is 29.8 Å². The maximum absolute atomic E-state index is 13.1. The van der Waals surface area contributed by atoms with Crippen molar-refractivity contribution < 1.29 is 8.42 Å². The molecule has 4 aliphatic rings. The van der Waals surface area contributed by atoms with E-state index < -0.39 is 14.8 Å². The van der Waals surface area contributed by atoms with Crippen LogP contribution in [0.15, 0.2) is 24.3 Å². The summed E-state index contributed by atoms with van der Waals surface area (Å²) in [6.45, 7) is 1.99. The molecule has 0 heterocycles. The van der Waals surface area contributed by atoms with E-state index in [0.29, 0.717) is 23.4 Å². The zero-order chi connectivity index (χ0) is 14.7. The minimum atomic E-state index is -3.30. The number of rotatable bonds is 3. The van der Waals surface area contributed by atoms with Crippen LogP contribution in [0.2, 0.25) is 0 Å². The molecule has 4 fully saturated rings. The number of anilines is 1. The van der Waals surface area contributed by atoms with E-state index in [0.717, 1.165) is 24.8 Å². The average molecular weight is 305 g/mol. The van der Waals surface area contributed by atoms with Crippen molar-refractivity contribution in [2.75, 3.05) is 4.72 Å². The fraction of sp³-hybridized carbons (Fsp3) is 0.647. The summed E-state index contributed by atoms with van der Waals surface area (Å²) in [7, 11) is -3.30. The van der Waals surface area contributed by atoms with Gasteiger partial charge in [-0.1, -0.05) is 12.1 Å². The van der Waals surface area contributed by atoms with Crippen molar-refractivity contribution in [2.24, 2.45) is 17.8 Å². The molecule has 1 N–H and O–H groups in total. The summed E-state index contributed by atoms with van der Waals surface area (Å²) in [5.41, 5.74) is 1.80. The minimum absolute atomic E-state index is 0.495. The lowest BCUT2D eigenvalue weighted by Gasteiger charge is -2.55. The maximum atomic E-state index is 13.1. The summed E-state index contributed by atoms with van der Waals surface area (Å²) in [5.74, 6) is 1.93. The predicted octanol–water partition coefficient (Wildman–Crippen LogP) is 3.71. The first-order chi connectivity index (χ1) is 9.96. The number of aryl methyl sites for hydroxylation is 1. The van der Waals surface area contributed by atoms with Gasteiger partial charge in [0.1, 0.15) is 0 Å². The molecule has 4 heteroatoms. The van der Waals surface area contributed by atoms with E-state index in [9.17, 15) is 8.42 Å². The molecule has 4 aliphatic carbocycles. The van der Waals surface area contributed by atoms with Gasteiger partial charge in [0.2, 0.25) is 10.0 Å². The van der Waals surface area contributed by atoms with Crippen LogP contribution in [-0.2, 0) is 10.0 Å². The van der Waals surface area contributed by atoms with Crippen molar-refractivity contribution in [3.63, 3.8) is 0 Å². The second-order valence-electron chi connectivity index (χ2n) is 7.58. The van der Waals surface area contributed by atoms with Crippen molar-refractivity contribution in [2.45, 2.75) is 50.2 Å². The van der Waals surface area contributed by atoms with Crippen LogP contribution >= 0.6 is 0 Å². The van der Waals surface area contributed by atoms with Gasteiger partial charge in [0.25, 0.3) is 0 Å². The summed E-state index contributed by atoms with van der Waals surface area (Å²) in [6, 6.07) is 7.67. The molecular weight excluding hydrogens is 282 g/mol. The predicted molar refractivity (Wildman–Crippen MR) is 84.6 cm³/mol. The highest BCUT2D eigenvalue weighted by atomic mass is 32.2. The fourth-order valence-corrected chi connectivity index (χ4v) is 7.35. The van der Waals surface area contributed by atoms with Crippen LogP contribution in [0.3, 0.4) is 0 Å². The van der Waals surface area contributed by atoms with Gasteiger partial charge in [0.15, 0.2) is 0 Å². The molecule has 21 heavy (non-hydrogen) atoms. The monoisotopic (exact) mass is 305 g/mol. The first-order valence-electron chi connectivity index (χ1n) is 8.05. The Hall–Kier alpha value is -1.03. The van der Waals surface area contributed by atoms with Gasteiger partial charge in [-0.2, -0.15) is 0 Å². The SMILES string of the molecule is Cc1cccc(NS(=O)(=O)C23CC4CC(CC(C4)C2)C3)c1. The average Bonchev–Trinajstić information content (AvgIpc) is 2.36. The Balaban J connectivity index is 1.65. The summed E-state index contributed by atoms with van der Waals surface area (Å²) < 4.78 is 28.5. The lowest BCUT2D eigenvalue weighted by Crippen LogP contribution is -2.56. The number of hydrogen-bond acceptors (Lipinski definition) is 2. The highest BCUT2D eigenvalue weighted by Crippen LogP contribution is 2.58. The van der Waals surface area contributed by atoms with Gasteiger partial charge < -0.3 is 0 Å². The van der Waals surface area contributed by atoms with E-state index in [4.69, 9.17) is 0 Å². The van der Waals surface area contributed by atoms with Crippen LogP contribution in [0.25, 0.3) is 0 Å². The second-order valence-corrected chi connectivity index (χ2v) is 9.65. The molecule has 4 bridgehead atoms.